The number of rotatable bonds is 7. The number of nitrogens with one attached hydrogen (secondary N) is 1. The molecule has 3 heterocycles. The number of ether oxygens (including phenoxy) is 2. The van der Waals surface area contributed by atoms with E-state index in [-0.39, 0.29) is 0 Å². The van der Waals surface area contributed by atoms with E-state index in [1.807, 2.05) is 24.3 Å². The van der Waals surface area contributed by atoms with Gasteiger partial charge in [0.2, 0.25) is 0 Å². The average molecular weight is 413 g/mol. The molecule has 0 radical (unpaired) electrons. The normalized spacial score (nSPS) is 19.9. The molecule has 1 unspecified atom stereocenters. The van der Waals surface area contributed by atoms with Crippen LogP contribution < -0.4 is 15.0 Å². The Morgan fingerprint density at radius 2 is 2.00 bits per heavy atom. The van der Waals surface area contributed by atoms with E-state index in [1.54, 1.807) is 13.4 Å². The summed E-state index contributed by atoms with van der Waals surface area (Å²) in [5, 5.41) is 3.56. The van der Waals surface area contributed by atoms with Crippen molar-refractivity contribution in [3.05, 3.63) is 48.4 Å². The molecule has 0 saturated carbocycles. The van der Waals surface area contributed by atoms with Crippen LogP contribution in [-0.4, -0.2) is 70.5 Å². The lowest BCUT2D eigenvalue weighted by molar-refractivity contribution is 0.187. The lowest BCUT2D eigenvalue weighted by Gasteiger charge is -2.38. The first-order chi connectivity index (χ1) is 14.8. The fourth-order valence-electron chi connectivity index (χ4n) is 3.93. The molecule has 7 nitrogen and oxygen atoms in total. The number of nitrogens with zero attached hydrogens (tertiary/aromatic N) is 3. The molecule has 1 atom stereocenters. The summed E-state index contributed by atoms with van der Waals surface area (Å²) in [6.45, 7) is 7.15. The maximum Gasteiger partial charge on any atom is 0.194 e. The monoisotopic (exact) mass is 412 g/mol. The average Bonchev–Trinajstić information content (AvgIpc) is 3.51. The molecular formula is C23H32N4O3. The molecule has 1 aromatic carbocycles. The Kier molecular flexibility index (Phi) is 7.13. The molecule has 0 spiro atoms. The van der Waals surface area contributed by atoms with Gasteiger partial charge in [-0.25, -0.2) is 0 Å². The van der Waals surface area contributed by atoms with Crippen molar-refractivity contribution >= 4 is 11.6 Å². The van der Waals surface area contributed by atoms with E-state index in [0.717, 1.165) is 82.8 Å². The van der Waals surface area contributed by atoms with Gasteiger partial charge in [0.05, 0.1) is 20.0 Å². The number of methoxy groups -OCH3 is 1. The lowest BCUT2D eigenvalue weighted by atomic mass is 10.1. The van der Waals surface area contributed by atoms with E-state index in [9.17, 15) is 0 Å². The molecule has 2 saturated heterocycles. The highest BCUT2D eigenvalue weighted by molar-refractivity contribution is 5.80. The van der Waals surface area contributed by atoms with E-state index in [4.69, 9.17) is 18.9 Å². The van der Waals surface area contributed by atoms with Gasteiger partial charge in [-0.15, -0.1) is 0 Å². The zero-order valence-electron chi connectivity index (χ0n) is 17.8. The van der Waals surface area contributed by atoms with Crippen molar-refractivity contribution in [2.75, 3.05) is 64.5 Å². The second-order valence-corrected chi connectivity index (χ2v) is 7.82. The first-order valence-corrected chi connectivity index (χ1v) is 10.8. The molecule has 0 aliphatic carbocycles. The summed E-state index contributed by atoms with van der Waals surface area (Å²) in [7, 11) is 1.70. The maximum atomic E-state index is 5.51. The highest BCUT2D eigenvalue weighted by Crippen LogP contribution is 2.20. The summed E-state index contributed by atoms with van der Waals surface area (Å²) in [5.74, 6) is 3.43. The minimum Gasteiger partial charge on any atom is -0.497 e. The number of aliphatic imine (C=N–C) groups is 1. The number of anilines is 1. The highest BCUT2D eigenvalue weighted by atomic mass is 16.5. The maximum absolute atomic E-state index is 5.51. The Balaban J connectivity index is 1.34. The minimum atomic E-state index is 0.535. The molecule has 2 aliphatic heterocycles. The van der Waals surface area contributed by atoms with E-state index < -0.39 is 0 Å². The third-order valence-corrected chi connectivity index (χ3v) is 5.77. The fourth-order valence-corrected chi connectivity index (χ4v) is 3.93. The molecule has 2 fully saturated rings. The van der Waals surface area contributed by atoms with Crippen LogP contribution in [0.25, 0.3) is 0 Å². The van der Waals surface area contributed by atoms with Crippen LogP contribution in [-0.2, 0) is 11.2 Å². The van der Waals surface area contributed by atoms with Gasteiger partial charge in [-0.05, 0) is 42.8 Å². The van der Waals surface area contributed by atoms with Gasteiger partial charge in [-0.2, -0.15) is 0 Å². The Morgan fingerprint density at radius 1 is 1.17 bits per heavy atom. The smallest absolute Gasteiger partial charge is 0.194 e. The largest absolute Gasteiger partial charge is 0.497 e. The van der Waals surface area contributed by atoms with Gasteiger partial charge in [0, 0.05) is 63.9 Å². The van der Waals surface area contributed by atoms with Crippen LogP contribution in [0.4, 0.5) is 5.69 Å². The van der Waals surface area contributed by atoms with Crippen LogP contribution in [0.2, 0.25) is 0 Å². The quantitative estimate of drug-likeness (QED) is 0.557. The number of piperazine rings is 1. The number of guanidine groups is 1. The number of furan rings is 1. The molecule has 162 valence electrons. The molecule has 1 N–H and O–H groups in total. The predicted molar refractivity (Wildman–Crippen MR) is 118 cm³/mol. The third kappa shape index (κ3) is 5.48. The Bertz CT molecular complexity index is 777. The van der Waals surface area contributed by atoms with Crippen LogP contribution in [0.3, 0.4) is 0 Å². The van der Waals surface area contributed by atoms with Crippen LogP contribution in [0.5, 0.6) is 5.75 Å². The summed E-state index contributed by atoms with van der Waals surface area (Å²) >= 11 is 0. The van der Waals surface area contributed by atoms with E-state index in [2.05, 4.69) is 27.2 Å². The summed E-state index contributed by atoms with van der Waals surface area (Å²) in [6, 6.07) is 12.3. The van der Waals surface area contributed by atoms with E-state index >= 15 is 0 Å². The SMILES string of the molecule is COc1ccc(N2CCN(C(=NCC3CCOC3)NCCc3ccco3)CC2)cc1. The summed E-state index contributed by atoms with van der Waals surface area (Å²) in [5.41, 5.74) is 1.24. The van der Waals surface area contributed by atoms with Crippen molar-refractivity contribution in [1.29, 1.82) is 0 Å². The zero-order chi connectivity index (χ0) is 20.6. The van der Waals surface area contributed by atoms with Crippen molar-refractivity contribution in [2.45, 2.75) is 12.8 Å². The molecule has 4 rings (SSSR count). The standard InChI is InChI=1S/C23H32N4O3/c1-28-21-6-4-20(5-7-21)26-11-13-27(14-12-26)23(25-17-19-9-16-29-18-19)24-10-8-22-3-2-15-30-22/h2-7,15,19H,8-14,16-18H2,1H3,(H,24,25). The molecule has 7 heteroatoms. The van der Waals surface area contributed by atoms with Gasteiger partial charge in [0.1, 0.15) is 11.5 Å². The van der Waals surface area contributed by atoms with Crippen molar-refractivity contribution in [2.24, 2.45) is 10.9 Å². The fraction of sp³-hybridized carbons (Fsp3) is 0.522. The third-order valence-electron chi connectivity index (χ3n) is 5.77. The van der Waals surface area contributed by atoms with Crippen molar-refractivity contribution in [1.82, 2.24) is 10.2 Å². The van der Waals surface area contributed by atoms with E-state index in [0.29, 0.717) is 5.92 Å². The molecule has 2 aliphatic rings. The van der Waals surface area contributed by atoms with Gasteiger partial charge >= 0.3 is 0 Å². The van der Waals surface area contributed by atoms with Gasteiger partial charge in [0.15, 0.2) is 5.96 Å². The topological polar surface area (TPSA) is 62.5 Å². The number of benzene rings is 1. The first kappa shape index (κ1) is 20.6. The van der Waals surface area contributed by atoms with Crippen molar-refractivity contribution in [3.8, 4) is 5.75 Å². The number of hydrogen-bond acceptors (Lipinski definition) is 5. The molecule has 1 aromatic heterocycles. The highest BCUT2D eigenvalue weighted by Gasteiger charge is 2.21. The summed E-state index contributed by atoms with van der Waals surface area (Å²) in [4.78, 5) is 9.75. The number of hydrogen-bond donors (Lipinski definition) is 1. The van der Waals surface area contributed by atoms with Crippen molar-refractivity contribution < 1.29 is 13.9 Å². The van der Waals surface area contributed by atoms with Crippen LogP contribution in [0.15, 0.2) is 52.1 Å². The molecular weight excluding hydrogens is 380 g/mol. The molecule has 0 bridgehead atoms. The Labute approximate surface area is 178 Å². The zero-order valence-corrected chi connectivity index (χ0v) is 17.8. The molecule has 30 heavy (non-hydrogen) atoms. The summed E-state index contributed by atoms with van der Waals surface area (Å²) < 4.78 is 16.2. The summed E-state index contributed by atoms with van der Waals surface area (Å²) in [6.07, 6.45) is 3.68. The minimum absolute atomic E-state index is 0.535. The van der Waals surface area contributed by atoms with Gasteiger partial charge < -0.3 is 29.0 Å². The Morgan fingerprint density at radius 3 is 2.67 bits per heavy atom. The van der Waals surface area contributed by atoms with E-state index in [1.165, 1.54) is 5.69 Å². The predicted octanol–water partition coefficient (Wildman–Crippen LogP) is 2.64. The van der Waals surface area contributed by atoms with Crippen molar-refractivity contribution in [3.63, 3.8) is 0 Å². The Hall–Kier alpha value is -2.67. The molecule has 2 aromatic rings. The van der Waals surface area contributed by atoms with Crippen LogP contribution in [0.1, 0.15) is 12.2 Å². The second-order valence-electron chi connectivity index (χ2n) is 7.82. The van der Waals surface area contributed by atoms with Gasteiger partial charge in [-0.3, -0.25) is 4.99 Å². The van der Waals surface area contributed by atoms with Crippen LogP contribution >= 0.6 is 0 Å². The first-order valence-electron chi connectivity index (χ1n) is 10.8. The van der Waals surface area contributed by atoms with Crippen LogP contribution in [0, 0.1) is 5.92 Å². The lowest BCUT2D eigenvalue weighted by Crippen LogP contribution is -2.53. The molecule has 0 amide bonds. The van der Waals surface area contributed by atoms with Gasteiger partial charge in [-0.1, -0.05) is 0 Å². The second kappa shape index (κ2) is 10.4. The van der Waals surface area contributed by atoms with Gasteiger partial charge in [0.25, 0.3) is 0 Å².